The van der Waals surface area contributed by atoms with Crippen molar-refractivity contribution in [3.05, 3.63) is 82.5 Å². The topological polar surface area (TPSA) is 90.1 Å². The van der Waals surface area contributed by atoms with Crippen LogP contribution in [-0.2, 0) is 12.0 Å². The minimum atomic E-state index is -0.710. The van der Waals surface area contributed by atoms with E-state index in [2.05, 4.69) is 37.1 Å². The molecule has 4 aromatic rings. The third-order valence-electron chi connectivity index (χ3n) is 5.56. The van der Waals surface area contributed by atoms with E-state index in [1.165, 1.54) is 0 Å². The van der Waals surface area contributed by atoms with E-state index < -0.39 is 6.03 Å². The van der Waals surface area contributed by atoms with Crippen molar-refractivity contribution in [2.24, 2.45) is 5.73 Å². The molecule has 0 radical (unpaired) electrons. The molecule has 0 atom stereocenters. The number of urea groups is 1. The number of nitrogens with one attached hydrogen (secondary N) is 1. The summed E-state index contributed by atoms with van der Waals surface area (Å²) in [5, 5.41) is 3.84. The van der Waals surface area contributed by atoms with Crippen molar-refractivity contribution in [2.75, 3.05) is 5.32 Å². The van der Waals surface area contributed by atoms with Crippen LogP contribution in [0.15, 0.2) is 60.8 Å². The van der Waals surface area contributed by atoms with Gasteiger partial charge in [0.15, 0.2) is 0 Å². The van der Waals surface area contributed by atoms with Crippen LogP contribution in [0.4, 0.5) is 10.6 Å². The third kappa shape index (κ3) is 4.97. The number of nitrogens with zero attached hydrogens (tertiary/aromatic N) is 2. The van der Waals surface area contributed by atoms with Crippen LogP contribution >= 0.6 is 11.6 Å². The molecular formula is C27H27ClN4O2. The number of anilines is 1. The minimum Gasteiger partial charge on any atom is -0.488 e. The van der Waals surface area contributed by atoms with Gasteiger partial charge in [0.2, 0.25) is 0 Å². The van der Waals surface area contributed by atoms with Gasteiger partial charge in [-0.1, -0.05) is 68.8 Å². The number of benzene rings is 2. The molecule has 0 unspecified atom stereocenters. The van der Waals surface area contributed by atoms with Gasteiger partial charge in [0, 0.05) is 22.8 Å². The van der Waals surface area contributed by atoms with Gasteiger partial charge in [0.25, 0.3) is 0 Å². The number of ether oxygens (including phenoxy) is 1. The van der Waals surface area contributed by atoms with Crippen LogP contribution in [0.3, 0.4) is 0 Å². The lowest BCUT2D eigenvalue weighted by atomic mass is 9.85. The first-order valence-corrected chi connectivity index (χ1v) is 11.3. The normalized spacial score (nSPS) is 11.4. The highest BCUT2D eigenvalue weighted by Gasteiger charge is 2.21. The summed E-state index contributed by atoms with van der Waals surface area (Å²) in [6.45, 7) is 8.79. The zero-order valence-electron chi connectivity index (χ0n) is 19.6. The summed E-state index contributed by atoms with van der Waals surface area (Å²) >= 11 is 6.69. The molecule has 6 nitrogen and oxygen atoms in total. The Hall–Kier alpha value is -3.64. The molecule has 2 heterocycles. The van der Waals surface area contributed by atoms with Gasteiger partial charge in [-0.2, -0.15) is 0 Å². The SMILES string of the molecule is Cc1cc(C(C)(C)C)c(Cl)cc1-c1cc(OCc2ccccc2)c2c(NC(N)=O)nccc2n1. The lowest BCUT2D eigenvalue weighted by Gasteiger charge is -2.22. The van der Waals surface area contributed by atoms with E-state index in [9.17, 15) is 4.79 Å². The summed E-state index contributed by atoms with van der Waals surface area (Å²) in [7, 11) is 0. The standard InChI is InChI=1S/C27H27ClN4O2/c1-16-12-19(27(2,3)4)20(28)13-18(16)22-14-23(34-15-17-8-6-5-7-9-17)24-21(31-22)10-11-30-25(24)32-26(29)33/h5-14H,15H2,1-4H3,(H3,29,30,32,33). The highest BCUT2D eigenvalue weighted by molar-refractivity contribution is 6.31. The first-order chi connectivity index (χ1) is 16.1. The Morgan fingerprint density at radius 2 is 1.85 bits per heavy atom. The summed E-state index contributed by atoms with van der Waals surface area (Å²) in [6, 6.07) is 16.8. The van der Waals surface area contributed by atoms with E-state index in [0.717, 1.165) is 22.3 Å². The van der Waals surface area contributed by atoms with E-state index in [4.69, 9.17) is 27.1 Å². The van der Waals surface area contributed by atoms with E-state index >= 15 is 0 Å². The van der Waals surface area contributed by atoms with Crippen LogP contribution in [0.25, 0.3) is 22.2 Å². The maximum absolute atomic E-state index is 11.6. The predicted molar refractivity (Wildman–Crippen MR) is 137 cm³/mol. The number of aromatic nitrogens is 2. The van der Waals surface area contributed by atoms with Crippen molar-refractivity contribution < 1.29 is 9.53 Å². The number of hydrogen-bond acceptors (Lipinski definition) is 4. The molecule has 34 heavy (non-hydrogen) atoms. The molecule has 0 fully saturated rings. The van der Waals surface area contributed by atoms with Crippen LogP contribution in [0, 0.1) is 6.92 Å². The van der Waals surface area contributed by atoms with Crippen molar-refractivity contribution in [2.45, 2.75) is 39.7 Å². The molecule has 174 valence electrons. The highest BCUT2D eigenvalue weighted by Crippen LogP contribution is 2.38. The highest BCUT2D eigenvalue weighted by atomic mass is 35.5. The zero-order valence-corrected chi connectivity index (χ0v) is 20.4. The van der Waals surface area contributed by atoms with Gasteiger partial charge in [-0.05, 0) is 41.2 Å². The summed E-state index contributed by atoms with van der Waals surface area (Å²) in [6.07, 6.45) is 1.58. The summed E-state index contributed by atoms with van der Waals surface area (Å²) < 4.78 is 6.23. The average Bonchev–Trinajstić information content (AvgIpc) is 2.78. The summed E-state index contributed by atoms with van der Waals surface area (Å²) in [5.74, 6) is 0.834. The van der Waals surface area contributed by atoms with Gasteiger partial charge in [-0.25, -0.2) is 14.8 Å². The summed E-state index contributed by atoms with van der Waals surface area (Å²) in [4.78, 5) is 20.7. The van der Waals surface area contributed by atoms with E-state index in [1.54, 1.807) is 12.3 Å². The number of nitrogens with two attached hydrogens (primary N) is 1. The van der Waals surface area contributed by atoms with Crippen molar-refractivity contribution in [3.63, 3.8) is 0 Å². The van der Waals surface area contributed by atoms with Gasteiger partial charge >= 0.3 is 6.03 Å². The third-order valence-corrected chi connectivity index (χ3v) is 5.87. The fourth-order valence-corrected chi connectivity index (χ4v) is 4.32. The Morgan fingerprint density at radius 3 is 2.53 bits per heavy atom. The number of hydrogen-bond donors (Lipinski definition) is 2. The molecule has 0 saturated carbocycles. The molecule has 2 aromatic carbocycles. The quantitative estimate of drug-likeness (QED) is 0.340. The minimum absolute atomic E-state index is 0.0812. The Bertz CT molecular complexity index is 1360. The number of fused-ring (bicyclic) bond motifs is 1. The molecule has 0 saturated heterocycles. The number of carbonyl (C=O) groups excluding carboxylic acids is 1. The first kappa shape index (κ1) is 23.5. The van der Waals surface area contributed by atoms with Crippen molar-refractivity contribution in [1.82, 2.24) is 9.97 Å². The number of pyridine rings is 2. The number of halogens is 1. The molecule has 0 aliphatic rings. The lowest BCUT2D eigenvalue weighted by molar-refractivity contribution is 0.259. The van der Waals surface area contributed by atoms with Crippen molar-refractivity contribution in [1.29, 1.82) is 0 Å². The lowest BCUT2D eigenvalue weighted by Crippen LogP contribution is -2.20. The second-order valence-electron chi connectivity index (χ2n) is 9.22. The second-order valence-corrected chi connectivity index (χ2v) is 9.63. The van der Waals surface area contributed by atoms with Gasteiger partial charge in [0.05, 0.1) is 16.6 Å². The number of carbonyl (C=O) groups is 1. The monoisotopic (exact) mass is 474 g/mol. The molecule has 0 bridgehead atoms. The molecule has 0 aliphatic heterocycles. The Balaban J connectivity index is 1.87. The largest absolute Gasteiger partial charge is 0.488 e. The van der Waals surface area contributed by atoms with Crippen LogP contribution in [-0.4, -0.2) is 16.0 Å². The molecule has 7 heteroatoms. The molecule has 3 N–H and O–H groups in total. The van der Waals surface area contributed by atoms with Gasteiger partial charge in [-0.3, -0.25) is 5.32 Å². The molecular weight excluding hydrogens is 448 g/mol. The van der Waals surface area contributed by atoms with Gasteiger partial charge < -0.3 is 10.5 Å². The van der Waals surface area contributed by atoms with Gasteiger partial charge in [0.1, 0.15) is 18.2 Å². The molecule has 2 amide bonds. The fraction of sp³-hybridized carbons (Fsp3) is 0.222. The maximum Gasteiger partial charge on any atom is 0.317 e. The first-order valence-electron chi connectivity index (χ1n) is 11.0. The second kappa shape index (κ2) is 9.31. The van der Waals surface area contributed by atoms with Crippen LogP contribution in [0.2, 0.25) is 5.02 Å². The summed E-state index contributed by atoms with van der Waals surface area (Å²) in [5.41, 5.74) is 10.7. The number of aryl methyl sites for hydroxylation is 1. The number of primary amides is 1. The van der Waals surface area contributed by atoms with E-state index in [-0.39, 0.29) is 5.41 Å². The van der Waals surface area contributed by atoms with Crippen molar-refractivity contribution >= 4 is 34.4 Å². The fourth-order valence-electron chi connectivity index (χ4n) is 3.88. The molecule has 4 rings (SSSR count). The van der Waals surface area contributed by atoms with Crippen LogP contribution in [0.5, 0.6) is 5.75 Å². The smallest absolute Gasteiger partial charge is 0.317 e. The van der Waals surface area contributed by atoms with Crippen LogP contribution < -0.4 is 15.8 Å². The molecule has 0 spiro atoms. The molecule has 2 aromatic heterocycles. The number of amides is 2. The van der Waals surface area contributed by atoms with E-state index in [0.29, 0.717) is 39.8 Å². The Labute approximate surface area is 204 Å². The Morgan fingerprint density at radius 1 is 1.12 bits per heavy atom. The van der Waals surface area contributed by atoms with Gasteiger partial charge in [-0.15, -0.1) is 0 Å². The van der Waals surface area contributed by atoms with E-state index in [1.807, 2.05) is 49.4 Å². The Kier molecular flexibility index (Phi) is 6.44. The molecule has 0 aliphatic carbocycles. The van der Waals surface area contributed by atoms with Crippen molar-refractivity contribution in [3.8, 4) is 17.0 Å². The zero-order chi connectivity index (χ0) is 24.5. The maximum atomic E-state index is 11.6. The predicted octanol–water partition coefficient (Wildman–Crippen LogP) is 6.63. The van der Waals surface area contributed by atoms with Crippen LogP contribution in [0.1, 0.15) is 37.5 Å². The number of rotatable bonds is 5. The average molecular weight is 475 g/mol.